The van der Waals surface area contributed by atoms with E-state index < -0.39 is 0 Å². The van der Waals surface area contributed by atoms with E-state index in [2.05, 4.69) is 31.0 Å². The summed E-state index contributed by atoms with van der Waals surface area (Å²) >= 11 is 0. The van der Waals surface area contributed by atoms with Crippen LogP contribution in [0, 0.1) is 5.92 Å². The van der Waals surface area contributed by atoms with Gasteiger partial charge in [-0.2, -0.15) is 0 Å². The zero-order valence-electron chi connectivity index (χ0n) is 7.71. The normalized spacial score (nSPS) is 24.5. The van der Waals surface area contributed by atoms with Gasteiger partial charge in [0.15, 0.2) is 0 Å². The molecule has 0 aromatic heterocycles. The molecule has 0 spiro atoms. The number of hydrogen-bond acceptors (Lipinski definition) is 1. The molecule has 1 unspecified atom stereocenters. The van der Waals surface area contributed by atoms with Crippen molar-refractivity contribution in [3.05, 3.63) is 12.2 Å². The summed E-state index contributed by atoms with van der Waals surface area (Å²) in [6.07, 6.45) is 8.62. The van der Waals surface area contributed by atoms with Crippen molar-refractivity contribution in [3.63, 3.8) is 0 Å². The molecular weight excluding hydrogens is 134 g/mol. The van der Waals surface area contributed by atoms with Gasteiger partial charge in [0.2, 0.25) is 0 Å². The van der Waals surface area contributed by atoms with Crippen LogP contribution in [0.2, 0.25) is 0 Å². The standard InChI is InChI=1S/C10H19N/c1-3-11(2)9-10-7-5-4-6-8-10/h4-5,10H,3,6-9H2,1-2H3. The fourth-order valence-electron chi connectivity index (χ4n) is 1.59. The van der Waals surface area contributed by atoms with Crippen LogP contribution in [-0.4, -0.2) is 25.0 Å². The highest BCUT2D eigenvalue weighted by Gasteiger charge is 2.10. The van der Waals surface area contributed by atoms with Crippen LogP contribution in [-0.2, 0) is 0 Å². The molecule has 0 bridgehead atoms. The molecule has 1 nitrogen and oxygen atoms in total. The summed E-state index contributed by atoms with van der Waals surface area (Å²) in [7, 11) is 2.21. The van der Waals surface area contributed by atoms with E-state index >= 15 is 0 Å². The van der Waals surface area contributed by atoms with Gasteiger partial charge >= 0.3 is 0 Å². The zero-order valence-corrected chi connectivity index (χ0v) is 7.71. The van der Waals surface area contributed by atoms with E-state index in [-0.39, 0.29) is 0 Å². The first kappa shape index (κ1) is 8.79. The Hall–Kier alpha value is -0.300. The van der Waals surface area contributed by atoms with Gasteiger partial charge in [0.1, 0.15) is 0 Å². The number of allylic oxidation sites excluding steroid dienone is 2. The maximum absolute atomic E-state index is 2.41. The molecule has 11 heavy (non-hydrogen) atoms. The molecular formula is C10H19N. The van der Waals surface area contributed by atoms with E-state index in [1.165, 1.54) is 32.4 Å². The van der Waals surface area contributed by atoms with Gasteiger partial charge in [-0.25, -0.2) is 0 Å². The molecule has 1 aliphatic rings. The van der Waals surface area contributed by atoms with Crippen molar-refractivity contribution in [3.8, 4) is 0 Å². The van der Waals surface area contributed by atoms with Crippen LogP contribution >= 0.6 is 0 Å². The summed E-state index contributed by atoms with van der Waals surface area (Å²) in [4.78, 5) is 2.41. The van der Waals surface area contributed by atoms with Gasteiger partial charge in [0.05, 0.1) is 0 Å². The van der Waals surface area contributed by atoms with Gasteiger partial charge in [0, 0.05) is 6.54 Å². The molecule has 0 N–H and O–H groups in total. The predicted molar refractivity (Wildman–Crippen MR) is 49.7 cm³/mol. The van der Waals surface area contributed by atoms with Gasteiger partial charge in [-0.15, -0.1) is 0 Å². The first-order valence-corrected chi connectivity index (χ1v) is 4.66. The highest BCUT2D eigenvalue weighted by Crippen LogP contribution is 2.18. The molecule has 0 aliphatic heterocycles. The lowest BCUT2D eigenvalue weighted by atomic mass is 9.94. The van der Waals surface area contributed by atoms with Crippen LogP contribution in [0.5, 0.6) is 0 Å². The Labute approximate surface area is 70.1 Å². The van der Waals surface area contributed by atoms with Crippen LogP contribution in [0.4, 0.5) is 0 Å². The smallest absolute Gasteiger partial charge is 0.000956 e. The predicted octanol–water partition coefficient (Wildman–Crippen LogP) is 2.29. The van der Waals surface area contributed by atoms with Gasteiger partial charge in [-0.3, -0.25) is 0 Å². The molecule has 0 aromatic rings. The molecule has 0 aromatic carbocycles. The van der Waals surface area contributed by atoms with Crippen molar-refractivity contribution in [1.82, 2.24) is 4.90 Å². The second-order valence-corrected chi connectivity index (χ2v) is 3.51. The summed E-state index contributed by atoms with van der Waals surface area (Å²) in [6, 6.07) is 0. The van der Waals surface area contributed by atoms with E-state index in [0.29, 0.717) is 0 Å². The molecule has 0 saturated heterocycles. The third-order valence-electron chi connectivity index (χ3n) is 2.49. The summed E-state index contributed by atoms with van der Waals surface area (Å²) < 4.78 is 0. The van der Waals surface area contributed by atoms with Crippen molar-refractivity contribution in [2.75, 3.05) is 20.1 Å². The second-order valence-electron chi connectivity index (χ2n) is 3.51. The average molecular weight is 153 g/mol. The Morgan fingerprint density at radius 1 is 1.45 bits per heavy atom. The largest absolute Gasteiger partial charge is 0.306 e. The molecule has 0 amide bonds. The lowest BCUT2D eigenvalue weighted by Crippen LogP contribution is -2.25. The number of nitrogens with zero attached hydrogens (tertiary/aromatic N) is 1. The zero-order chi connectivity index (χ0) is 8.10. The molecule has 64 valence electrons. The monoisotopic (exact) mass is 153 g/mol. The summed E-state index contributed by atoms with van der Waals surface area (Å²) in [5.74, 6) is 0.921. The number of rotatable bonds is 3. The maximum atomic E-state index is 2.41. The lowest BCUT2D eigenvalue weighted by molar-refractivity contribution is 0.276. The minimum atomic E-state index is 0.921. The first-order chi connectivity index (χ1) is 5.33. The SMILES string of the molecule is CCN(C)CC1CC=CCC1. The van der Waals surface area contributed by atoms with Crippen LogP contribution in [0.1, 0.15) is 26.2 Å². The van der Waals surface area contributed by atoms with Crippen LogP contribution in [0.25, 0.3) is 0 Å². The third kappa shape index (κ3) is 3.06. The molecule has 0 fully saturated rings. The molecule has 1 atom stereocenters. The summed E-state index contributed by atoms with van der Waals surface area (Å²) in [5.41, 5.74) is 0. The van der Waals surface area contributed by atoms with E-state index in [0.717, 1.165) is 5.92 Å². The summed E-state index contributed by atoms with van der Waals surface area (Å²) in [6.45, 7) is 4.68. The molecule has 1 heteroatoms. The average Bonchev–Trinajstić information content (AvgIpc) is 2.06. The minimum Gasteiger partial charge on any atom is -0.306 e. The third-order valence-corrected chi connectivity index (χ3v) is 2.49. The Bertz CT molecular complexity index is 129. The van der Waals surface area contributed by atoms with Gasteiger partial charge in [-0.1, -0.05) is 19.1 Å². The fourth-order valence-corrected chi connectivity index (χ4v) is 1.59. The quantitative estimate of drug-likeness (QED) is 0.562. The molecule has 1 rings (SSSR count). The van der Waals surface area contributed by atoms with E-state index in [4.69, 9.17) is 0 Å². The van der Waals surface area contributed by atoms with Gasteiger partial charge in [-0.05, 0) is 38.8 Å². The lowest BCUT2D eigenvalue weighted by Gasteiger charge is -2.23. The molecule has 0 saturated carbocycles. The molecule has 0 radical (unpaired) electrons. The van der Waals surface area contributed by atoms with Crippen molar-refractivity contribution in [2.24, 2.45) is 5.92 Å². The van der Waals surface area contributed by atoms with Crippen LogP contribution < -0.4 is 0 Å². The van der Waals surface area contributed by atoms with Crippen molar-refractivity contribution in [1.29, 1.82) is 0 Å². The maximum Gasteiger partial charge on any atom is 0.000956 e. The van der Waals surface area contributed by atoms with Crippen molar-refractivity contribution < 1.29 is 0 Å². The summed E-state index contributed by atoms with van der Waals surface area (Å²) in [5, 5.41) is 0. The Morgan fingerprint density at radius 2 is 2.27 bits per heavy atom. The van der Waals surface area contributed by atoms with Crippen molar-refractivity contribution in [2.45, 2.75) is 26.2 Å². The second kappa shape index (κ2) is 4.55. The minimum absolute atomic E-state index is 0.921. The Balaban J connectivity index is 2.20. The van der Waals surface area contributed by atoms with E-state index in [1.807, 2.05) is 0 Å². The highest BCUT2D eigenvalue weighted by molar-refractivity contribution is 4.90. The van der Waals surface area contributed by atoms with Crippen LogP contribution in [0.3, 0.4) is 0 Å². The first-order valence-electron chi connectivity index (χ1n) is 4.66. The van der Waals surface area contributed by atoms with E-state index in [1.54, 1.807) is 0 Å². The number of hydrogen-bond donors (Lipinski definition) is 0. The molecule has 1 aliphatic carbocycles. The van der Waals surface area contributed by atoms with Gasteiger partial charge in [0.25, 0.3) is 0 Å². The fraction of sp³-hybridized carbons (Fsp3) is 0.800. The Kier molecular flexibility index (Phi) is 3.64. The van der Waals surface area contributed by atoms with Gasteiger partial charge < -0.3 is 4.90 Å². The van der Waals surface area contributed by atoms with Crippen molar-refractivity contribution >= 4 is 0 Å². The van der Waals surface area contributed by atoms with Crippen LogP contribution in [0.15, 0.2) is 12.2 Å². The van der Waals surface area contributed by atoms with E-state index in [9.17, 15) is 0 Å². The highest BCUT2D eigenvalue weighted by atomic mass is 15.1. The molecule has 0 heterocycles. The topological polar surface area (TPSA) is 3.24 Å². The Morgan fingerprint density at radius 3 is 2.82 bits per heavy atom.